The van der Waals surface area contributed by atoms with Gasteiger partial charge in [-0.2, -0.15) is 5.10 Å². The molecule has 0 bridgehead atoms. The number of nitrogens with zero attached hydrogens (tertiary/aromatic N) is 5. The van der Waals surface area contributed by atoms with Gasteiger partial charge in [-0.15, -0.1) is 0 Å². The summed E-state index contributed by atoms with van der Waals surface area (Å²) in [6.45, 7) is 4.45. The van der Waals surface area contributed by atoms with Crippen LogP contribution < -0.4 is 5.56 Å². The molecule has 1 aliphatic heterocycles. The molecule has 6 heteroatoms. The fraction of sp³-hybridized carbons (Fsp3) is 0.556. The molecular formula is C18H23N5O. The second-order valence-corrected chi connectivity index (χ2v) is 6.85. The zero-order valence-electron chi connectivity index (χ0n) is 14.1. The molecule has 0 amide bonds. The van der Waals surface area contributed by atoms with Crippen LogP contribution in [-0.2, 0) is 25.9 Å². The third-order valence-electron chi connectivity index (χ3n) is 5.11. The molecule has 2 aliphatic rings. The predicted octanol–water partition coefficient (Wildman–Crippen LogP) is 1.50. The first kappa shape index (κ1) is 15.4. The minimum atomic E-state index is 0.0420. The molecule has 1 atom stereocenters. The lowest BCUT2D eigenvalue weighted by Crippen LogP contribution is -2.37. The quantitative estimate of drug-likeness (QED) is 0.852. The first-order chi connectivity index (χ1) is 11.7. The zero-order valence-corrected chi connectivity index (χ0v) is 14.1. The van der Waals surface area contributed by atoms with Crippen LogP contribution in [0.3, 0.4) is 0 Å². The lowest BCUT2D eigenvalue weighted by Gasteiger charge is -2.24. The molecule has 1 aliphatic carbocycles. The van der Waals surface area contributed by atoms with E-state index in [1.807, 2.05) is 19.2 Å². The topological polar surface area (TPSA) is 63.9 Å². The van der Waals surface area contributed by atoms with Crippen molar-refractivity contribution in [1.82, 2.24) is 24.6 Å². The highest BCUT2D eigenvalue weighted by molar-refractivity contribution is 5.22. The predicted molar refractivity (Wildman–Crippen MR) is 90.7 cm³/mol. The molecule has 2 aromatic heterocycles. The smallest absolute Gasteiger partial charge is 0.267 e. The van der Waals surface area contributed by atoms with E-state index >= 15 is 0 Å². The highest BCUT2D eigenvalue weighted by Crippen LogP contribution is 2.21. The van der Waals surface area contributed by atoms with Gasteiger partial charge in [-0.1, -0.05) is 0 Å². The molecule has 0 spiro atoms. The van der Waals surface area contributed by atoms with Crippen LogP contribution in [0.2, 0.25) is 0 Å². The maximum atomic E-state index is 12.3. The minimum absolute atomic E-state index is 0.0420. The Bertz CT molecular complexity index is 800. The normalized spacial score (nSPS) is 20.5. The SMILES string of the molecule is Cc1nccc(CN2CCCC2Cn2nc3c(cc2=O)CCC3)n1. The highest BCUT2D eigenvalue weighted by atomic mass is 16.1. The Hall–Kier alpha value is -2.08. The van der Waals surface area contributed by atoms with Crippen LogP contribution in [-0.4, -0.2) is 37.2 Å². The molecule has 24 heavy (non-hydrogen) atoms. The second-order valence-electron chi connectivity index (χ2n) is 6.85. The van der Waals surface area contributed by atoms with E-state index in [-0.39, 0.29) is 5.56 Å². The molecule has 1 fully saturated rings. The molecule has 0 N–H and O–H groups in total. The van der Waals surface area contributed by atoms with Crippen LogP contribution in [0.5, 0.6) is 0 Å². The largest absolute Gasteiger partial charge is 0.293 e. The van der Waals surface area contributed by atoms with E-state index in [0.29, 0.717) is 12.6 Å². The third kappa shape index (κ3) is 3.11. The molecule has 6 nitrogen and oxygen atoms in total. The third-order valence-corrected chi connectivity index (χ3v) is 5.11. The van der Waals surface area contributed by atoms with Crippen molar-refractivity contribution in [3.05, 3.63) is 51.5 Å². The zero-order chi connectivity index (χ0) is 16.5. The van der Waals surface area contributed by atoms with Crippen molar-refractivity contribution < 1.29 is 0 Å². The Morgan fingerprint density at radius 2 is 2.21 bits per heavy atom. The summed E-state index contributed by atoms with van der Waals surface area (Å²) in [6.07, 6.45) is 7.21. The van der Waals surface area contributed by atoms with Gasteiger partial charge in [-0.3, -0.25) is 9.69 Å². The fourth-order valence-electron chi connectivity index (χ4n) is 3.88. The van der Waals surface area contributed by atoms with Crippen LogP contribution in [0.25, 0.3) is 0 Å². The summed E-state index contributed by atoms with van der Waals surface area (Å²) >= 11 is 0. The van der Waals surface area contributed by atoms with Gasteiger partial charge in [-0.05, 0) is 57.2 Å². The second kappa shape index (κ2) is 6.43. The molecule has 0 radical (unpaired) electrons. The Labute approximate surface area is 141 Å². The fourth-order valence-corrected chi connectivity index (χ4v) is 3.88. The van der Waals surface area contributed by atoms with Crippen molar-refractivity contribution >= 4 is 0 Å². The summed E-state index contributed by atoms with van der Waals surface area (Å²) in [7, 11) is 0. The number of aryl methyl sites for hydroxylation is 3. The number of likely N-dealkylation sites (tertiary alicyclic amines) is 1. The Balaban J connectivity index is 1.50. The van der Waals surface area contributed by atoms with E-state index in [1.165, 1.54) is 0 Å². The van der Waals surface area contributed by atoms with Gasteiger partial charge >= 0.3 is 0 Å². The Morgan fingerprint density at radius 3 is 3.08 bits per heavy atom. The van der Waals surface area contributed by atoms with E-state index in [0.717, 1.165) is 68.0 Å². The van der Waals surface area contributed by atoms with Gasteiger partial charge in [0, 0.05) is 24.8 Å². The van der Waals surface area contributed by atoms with Crippen molar-refractivity contribution in [3.8, 4) is 0 Å². The lowest BCUT2D eigenvalue weighted by molar-refractivity contribution is 0.214. The van der Waals surface area contributed by atoms with Crippen LogP contribution in [0.1, 0.15) is 42.0 Å². The molecule has 3 heterocycles. The Kier molecular flexibility index (Phi) is 4.14. The Morgan fingerprint density at radius 1 is 1.29 bits per heavy atom. The van der Waals surface area contributed by atoms with Crippen LogP contribution in [0.15, 0.2) is 23.1 Å². The molecule has 4 rings (SSSR count). The highest BCUT2D eigenvalue weighted by Gasteiger charge is 2.26. The molecule has 126 valence electrons. The number of aromatic nitrogens is 4. The van der Waals surface area contributed by atoms with Crippen molar-refractivity contribution in [2.24, 2.45) is 0 Å². The standard InChI is InChI=1S/C18H23N5O/c1-13-19-8-7-15(20-13)11-22-9-3-5-16(22)12-23-18(24)10-14-4-2-6-17(14)21-23/h7-8,10,16H,2-6,9,11-12H2,1H3. The van der Waals surface area contributed by atoms with Gasteiger partial charge in [0.1, 0.15) is 5.82 Å². The molecule has 2 aromatic rings. The van der Waals surface area contributed by atoms with E-state index in [4.69, 9.17) is 0 Å². The van der Waals surface area contributed by atoms with E-state index in [2.05, 4.69) is 20.0 Å². The summed E-state index contributed by atoms with van der Waals surface area (Å²) in [5.41, 5.74) is 3.35. The summed E-state index contributed by atoms with van der Waals surface area (Å²) in [5.74, 6) is 0.805. The van der Waals surface area contributed by atoms with Gasteiger partial charge in [0.05, 0.1) is 17.9 Å². The average Bonchev–Trinajstić information content (AvgIpc) is 3.17. The molecule has 0 aromatic carbocycles. The van der Waals surface area contributed by atoms with Gasteiger partial charge in [0.2, 0.25) is 0 Å². The average molecular weight is 325 g/mol. The maximum Gasteiger partial charge on any atom is 0.267 e. The van der Waals surface area contributed by atoms with Crippen LogP contribution in [0.4, 0.5) is 0 Å². The number of hydrogen-bond donors (Lipinski definition) is 0. The molecular weight excluding hydrogens is 302 g/mol. The van der Waals surface area contributed by atoms with E-state index in [9.17, 15) is 4.79 Å². The molecule has 1 unspecified atom stereocenters. The van der Waals surface area contributed by atoms with E-state index in [1.54, 1.807) is 10.7 Å². The number of rotatable bonds is 4. The van der Waals surface area contributed by atoms with Crippen LogP contribution >= 0.6 is 0 Å². The monoisotopic (exact) mass is 325 g/mol. The van der Waals surface area contributed by atoms with Crippen molar-refractivity contribution in [2.75, 3.05) is 6.54 Å². The number of hydrogen-bond acceptors (Lipinski definition) is 5. The van der Waals surface area contributed by atoms with Gasteiger partial charge in [-0.25, -0.2) is 14.6 Å². The summed E-state index contributed by atoms with van der Waals surface area (Å²) in [5, 5.41) is 4.62. The molecule has 0 saturated carbocycles. The maximum absolute atomic E-state index is 12.3. The first-order valence-corrected chi connectivity index (χ1v) is 8.81. The summed E-state index contributed by atoms with van der Waals surface area (Å²) in [4.78, 5) is 23.4. The summed E-state index contributed by atoms with van der Waals surface area (Å²) < 4.78 is 1.68. The van der Waals surface area contributed by atoms with Crippen molar-refractivity contribution in [3.63, 3.8) is 0 Å². The van der Waals surface area contributed by atoms with Gasteiger partial charge in [0.25, 0.3) is 5.56 Å². The van der Waals surface area contributed by atoms with E-state index < -0.39 is 0 Å². The lowest BCUT2D eigenvalue weighted by atomic mass is 10.2. The van der Waals surface area contributed by atoms with Gasteiger partial charge in [0.15, 0.2) is 0 Å². The van der Waals surface area contributed by atoms with Crippen molar-refractivity contribution in [1.29, 1.82) is 0 Å². The first-order valence-electron chi connectivity index (χ1n) is 8.81. The van der Waals surface area contributed by atoms with Crippen molar-refractivity contribution in [2.45, 2.75) is 58.2 Å². The summed E-state index contributed by atoms with van der Waals surface area (Å²) in [6, 6.07) is 4.12. The number of fused-ring (bicyclic) bond motifs is 1. The molecule has 1 saturated heterocycles. The van der Waals surface area contributed by atoms with Crippen LogP contribution in [0, 0.1) is 6.92 Å². The minimum Gasteiger partial charge on any atom is -0.293 e. The van der Waals surface area contributed by atoms with Gasteiger partial charge < -0.3 is 0 Å².